The van der Waals surface area contributed by atoms with Gasteiger partial charge in [-0.1, -0.05) is 49.3 Å². The van der Waals surface area contributed by atoms with Gasteiger partial charge in [0, 0.05) is 37.4 Å². The van der Waals surface area contributed by atoms with E-state index < -0.39 is 9.84 Å². The number of anilines is 1. The molecule has 0 fully saturated rings. The van der Waals surface area contributed by atoms with Gasteiger partial charge in [0.1, 0.15) is 0 Å². The number of carbonyl (C=O) groups excluding carboxylic acids is 1. The van der Waals surface area contributed by atoms with Crippen LogP contribution in [-0.2, 0) is 21.1 Å². The Morgan fingerprint density at radius 1 is 1.13 bits per heavy atom. The fraction of sp³-hybridized carbons (Fsp3) is 0.318. The van der Waals surface area contributed by atoms with E-state index in [9.17, 15) is 13.2 Å². The van der Waals surface area contributed by atoms with Gasteiger partial charge < -0.3 is 9.42 Å². The smallest absolute Gasteiger partial charge is 0.227 e. The maximum atomic E-state index is 12.5. The summed E-state index contributed by atoms with van der Waals surface area (Å²) in [4.78, 5) is 18.5. The Morgan fingerprint density at radius 2 is 1.83 bits per heavy atom. The average molecular weight is 428 g/mol. The zero-order valence-electron chi connectivity index (χ0n) is 17.5. The van der Waals surface area contributed by atoms with Gasteiger partial charge in [-0.2, -0.15) is 4.98 Å². The lowest BCUT2D eigenvalue weighted by molar-refractivity contribution is -0.118. The first-order valence-corrected chi connectivity index (χ1v) is 11.5. The summed E-state index contributed by atoms with van der Waals surface area (Å²) in [6, 6.07) is 14.3. The number of sulfone groups is 1. The van der Waals surface area contributed by atoms with Crippen molar-refractivity contribution in [2.24, 2.45) is 0 Å². The monoisotopic (exact) mass is 427 g/mol. The summed E-state index contributed by atoms with van der Waals surface area (Å²) in [6.07, 6.45) is 1.59. The summed E-state index contributed by atoms with van der Waals surface area (Å²) in [5, 5.41) is 4.00. The third kappa shape index (κ3) is 5.13. The van der Waals surface area contributed by atoms with E-state index in [1.165, 1.54) is 22.6 Å². The van der Waals surface area contributed by atoms with E-state index in [1.807, 2.05) is 24.3 Å². The number of rotatable bonds is 7. The van der Waals surface area contributed by atoms with Gasteiger partial charge in [-0.25, -0.2) is 8.42 Å². The molecule has 7 nitrogen and oxygen atoms in total. The lowest BCUT2D eigenvalue weighted by atomic mass is 10.0. The van der Waals surface area contributed by atoms with Crippen LogP contribution in [0.25, 0.3) is 11.4 Å². The average Bonchev–Trinajstić information content (AvgIpc) is 3.20. The van der Waals surface area contributed by atoms with Crippen LogP contribution in [0.1, 0.15) is 37.6 Å². The van der Waals surface area contributed by atoms with Crippen LogP contribution in [0.5, 0.6) is 0 Å². The molecule has 0 bridgehead atoms. The molecule has 0 unspecified atom stereocenters. The largest absolute Gasteiger partial charge is 0.339 e. The molecule has 1 aromatic heterocycles. The van der Waals surface area contributed by atoms with Crippen LogP contribution in [0.3, 0.4) is 0 Å². The molecule has 0 spiro atoms. The molecular weight excluding hydrogens is 402 g/mol. The number of hydrogen-bond donors (Lipinski definition) is 0. The van der Waals surface area contributed by atoms with Crippen molar-refractivity contribution in [1.82, 2.24) is 10.1 Å². The second-order valence-corrected chi connectivity index (χ2v) is 9.53. The normalized spacial score (nSPS) is 11.6. The minimum atomic E-state index is -3.34. The fourth-order valence-electron chi connectivity index (χ4n) is 2.94. The van der Waals surface area contributed by atoms with E-state index in [-0.39, 0.29) is 17.2 Å². The molecule has 3 aromatic rings. The number of amides is 1. The van der Waals surface area contributed by atoms with Gasteiger partial charge in [-0.3, -0.25) is 4.79 Å². The molecule has 0 atom stereocenters. The van der Waals surface area contributed by atoms with Gasteiger partial charge in [0.2, 0.25) is 17.6 Å². The topological polar surface area (TPSA) is 93.4 Å². The van der Waals surface area contributed by atoms with E-state index in [0.29, 0.717) is 29.7 Å². The first-order chi connectivity index (χ1) is 14.1. The van der Waals surface area contributed by atoms with Gasteiger partial charge in [-0.15, -0.1) is 0 Å². The Bertz CT molecular complexity index is 1140. The standard InChI is InChI=1S/C22H25N3O4S/c1-15(2)16-8-10-17(11-9-16)22-23-20(29-24-22)12-13-21(26)25(3)18-6-5-7-19(14-18)30(4,27)28/h5-11,14-15H,12-13H2,1-4H3. The molecule has 0 radical (unpaired) electrons. The number of nitrogens with zero attached hydrogens (tertiary/aromatic N) is 3. The molecule has 0 saturated carbocycles. The van der Waals surface area contributed by atoms with Gasteiger partial charge in [-0.05, 0) is 29.7 Å². The Labute approximate surface area is 176 Å². The van der Waals surface area contributed by atoms with Crippen LogP contribution in [0.4, 0.5) is 5.69 Å². The summed E-state index contributed by atoms with van der Waals surface area (Å²) in [7, 11) is -1.73. The van der Waals surface area contributed by atoms with Crippen molar-refractivity contribution in [3.63, 3.8) is 0 Å². The molecule has 2 aromatic carbocycles. The Kier molecular flexibility index (Phi) is 6.36. The van der Waals surface area contributed by atoms with Crippen LogP contribution in [0.15, 0.2) is 57.9 Å². The zero-order valence-corrected chi connectivity index (χ0v) is 18.3. The van der Waals surface area contributed by atoms with Crippen LogP contribution in [-0.4, -0.2) is 37.8 Å². The SMILES string of the molecule is CC(C)c1ccc(-c2noc(CCC(=O)N(C)c3cccc(S(C)(=O)=O)c3)n2)cc1. The van der Waals surface area contributed by atoms with Crippen molar-refractivity contribution in [3.05, 3.63) is 60.0 Å². The van der Waals surface area contributed by atoms with E-state index in [1.54, 1.807) is 19.2 Å². The number of hydrogen-bond acceptors (Lipinski definition) is 6. The lowest BCUT2D eigenvalue weighted by Crippen LogP contribution is -2.26. The highest BCUT2D eigenvalue weighted by Crippen LogP contribution is 2.22. The predicted molar refractivity (Wildman–Crippen MR) is 115 cm³/mol. The minimum Gasteiger partial charge on any atom is -0.339 e. The maximum Gasteiger partial charge on any atom is 0.227 e. The maximum absolute atomic E-state index is 12.5. The molecule has 30 heavy (non-hydrogen) atoms. The highest BCUT2D eigenvalue weighted by molar-refractivity contribution is 7.90. The van der Waals surface area contributed by atoms with Gasteiger partial charge in [0.05, 0.1) is 4.90 Å². The van der Waals surface area contributed by atoms with Gasteiger partial charge in [0.15, 0.2) is 9.84 Å². The molecule has 0 aliphatic heterocycles. The lowest BCUT2D eigenvalue weighted by Gasteiger charge is -2.17. The molecule has 0 aliphatic rings. The number of aryl methyl sites for hydroxylation is 1. The van der Waals surface area contributed by atoms with Crippen molar-refractivity contribution < 1.29 is 17.7 Å². The molecule has 1 heterocycles. The minimum absolute atomic E-state index is 0.160. The Hall–Kier alpha value is -3.00. The molecular formula is C22H25N3O4S. The van der Waals surface area contributed by atoms with E-state index in [2.05, 4.69) is 24.0 Å². The molecule has 8 heteroatoms. The van der Waals surface area contributed by atoms with Crippen molar-refractivity contribution in [2.75, 3.05) is 18.2 Å². The second-order valence-electron chi connectivity index (χ2n) is 7.51. The summed E-state index contributed by atoms with van der Waals surface area (Å²) < 4.78 is 28.7. The van der Waals surface area contributed by atoms with Gasteiger partial charge >= 0.3 is 0 Å². The highest BCUT2D eigenvalue weighted by atomic mass is 32.2. The first kappa shape index (κ1) is 21.7. The summed E-state index contributed by atoms with van der Waals surface area (Å²) in [5.74, 6) is 1.13. The van der Waals surface area contributed by atoms with Crippen LogP contribution in [0.2, 0.25) is 0 Å². The van der Waals surface area contributed by atoms with Gasteiger partial charge in [0.25, 0.3) is 0 Å². The summed E-state index contributed by atoms with van der Waals surface area (Å²) in [5.41, 5.74) is 2.60. The third-order valence-electron chi connectivity index (χ3n) is 4.86. The highest BCUT2D eigenvalue weighted by Gasteiger charge is 2.16. The predicted octanol–water partition coefficient (Wildman–Crippen LogP) is 3.86. The molecule has 0 aliphatic carbocycles. The Morgan fingerprint density at radius 3 is 2.47 bits per heavy atom. The van der Waals surface area contributed by atoms with E-state index in [0.717, 1.165) is 11.8 Å². The fourth-order valence-corrected chi connectivity index (χ4v) is 3.60. The van der Waals surface area contributed by atoms with E-state index in [4.69, 9.17) is 4.52 Å². The summed E-state index contributed by atoms with van der Waals surface area (Å²) in [6.45, 7) is 4.26. The molecule has 3 rings (SSSR count). The quantitative estimate of drug-likeness (QED) is 0.568. The van der Waals surface area contributed by atoms with Crippen LogP contribution >= 0.6 is 0 Å². The molecule has 158 valence electrons. The number of benzene rings is 2. The van der Waals surface area contributed by atoms with Crippen molar-refractivity contribution >= 4 is 21.4 Å². The Balaban J connectivity index is 1.64. The summed E-state index contributed by atoms with van der Waals surface area (Å²) >= 11 is 0. The van der Waals surface area contributed by atoms with Crippen LogP contribution in [0, 0.1) is 0 Å². The number of carbonyl (C=O) groups is 1. The molecule has 1 amide bonds. The molecule has 0 N–H and O–H groups in total. The van der Waals surface area contributed by atoms with Crippen molar-refractivity contribution in [1.29, 1.82) is 0 Å². The van der Waals surface area contributed by atoms with Crippen LogP contribution < -0.4 is 4.90 Å². The van der Waals surface area contributed by atoms with Crippen molar-refractivity contribution in [2.45, 2.75) is 37.5 Å². The number of aromatic nitrogens is 2. The van der Waals surface area contributed by atoms with E-state index >= 15 is 0 Å². The molecule has 0 saturated heterocycles. The third-order valence-corrected chi connectivity index (χ3v) is 5.97. The van der Waals surface area contributed by atoms with Crippen molar-refractivity contribution in [3.8, 4) is 11.4 Å². The zero-order chi connectivity index (χ0) is 21.9. The first-order valence-electron chi connectivity index (χ1n) is 9.64. The second kappa shape index (κ2) is 8.79.